The van der Waals surface area contributed by atoms with Crippen molar-refractivity contribution >= 4 is 51.2 Å². The summed E-state index contributed by atoms with van der Waals surface area (Å²) in [6.07, 6.45) is 10.3. The summed E-state index contributed by atoms with van der Waals surface area (Å²) < 4.78 is 40.8. The summed E-state index contributed by atoms with van der Waals surface area (Å²) in [6.45, 7) is 58.6. The number of aliphatic carboxylic acids is 1. The van der Waals surface area contributed by atoms with Crippen molar-refractivity contribution in [3.63, 3.8) is 0 Å². The Bertz CT molecular complexity index is 1600. The second-order valence-corrected chi connectivity index (χ2v) is 49.0. The molecule has 10 nitrogen and oxygen atoms in total. The van der Waals surface area contributed by atoms with E-state index in [1.54, 1.807) is 0 Å². The van der Waals surface area contributed by atoms with Crippen molar-refractivity contribution in [2.75, 3.05) is 0 Å². The molecule has 0 aromatic heterocycles. The van der Waals surface area contributed by atoms with E-state index in [0.29, 0.717) is 43.4 Å². The van der Waals surface area contributed by atoms with Crippen molar-refractivity contribution in [3.8, 4) is 0 Å². The topological polar surface area (TPSA) is 127 Å². The number of carboxylic acid groups (broad SMARTS) is 1. The van der Waals surface area contributed by atoms with Crippen molar-refractivity contribution in [2.24, 2.45) is 17.8 Å². The molecule has 0 radical (unpaired) electrons. The Hall–Kier alpha value is -0.882. The van der Waals surface area contributed by atoms with Gasteiger partial charge in [0.1, 0.15) is 12.2 Å². The molecule has 0 aromatic carbocycles. The first-order valence-electron chi connectivity index (χ1n) is 29.6. The van der Waals surface area contributed by atoms with E-state index in [1.807, 2.05) is 0 Å². The van der Waals surface area contributed by atoms with Gasteiger partial charge in [-0.05, 0) is 154 Å². The van der Waals surface area contributed by atoms with Crippen molar-refractivity contribution in [1.82, 2.24) is 0 Å². The fourth-order valence-corrected chi connectivity index (χ4v) is 13.8. The van der Waals surface area contributed by atoms with E-state index in [9.17, 15) is 19.5 Å². The summed E-state index contributed by atoms with van der Waals surface area (Å²) >= 11 is 0. The van der Waals surface area contributed by atoms with Gasteiger partial charge in [0, 0.05) is 12.2 Å². The fourth-order valence-electron chi connectivity index (χ4n) is 8.18. The van der Waals surface area contributed by atoms with Crippen LogP contribution in [0.25, 0.3) is 0 Å². The highest BCUT2D eigenvalue weighted by Crippen LogP contribution is 2.42. The van der Waals surface area contributed by atoms with Crippen LogP contribution in [0.2, 0.25) is 72.5 Å². The van der Waals surface area contributed by atoms with Gasteiger partial charge in [-0.2, -0.15) is 0 Å². The minimum atomic E-state index is -2.32. The summed E-state index contributed by atoms with van der Waals surface area (Å²) in [5.41, 5.74) is 0. The SMILES string of the molecule is CC(C)CCC[C@H](CC[C@@H](CC(=O)O)OC(=O)C[C@H](CC[C@@H](CCCC(C)C)O[Si](C)(C)C(C)(C)C)O[Si](C)(C)C(C)(C)C)OC(=O)C[C@H](CC[C@@H](CCCC(C)C)O[Si](C)(C)C(C)(C)C)O[Si](C)(C)C(C)(C)C. The Morgan fingerprint density at radius 1 is 0.338 bits per heavy atom. The monoisotopic (exact) mass is 1120 g/mol. The van der Waals surface area contributed by atoms with Gasteiger partial charge in [0.05, 0.1) is 31.5 Å². The summed E-state index contributed by atoms with van der Waals surface area (Å²) in [5, 5.41) is 10.1. The molecule has 440 valence electrons. The summed E-state index contributed by atoms with van der Waals surface area (Å²) in [7, 11) is -8.75. The normalized spacial score (nSPS) is 16.3. The van der Waals surface area contributed by atoms with Crippen LogP contribution in [0, 0.1) is 17.8 Å². The predicted octanol–water partition coefficient (Wildman–Crippen LogP) is 18.4. The average molecular weight is 1120 g/mol. The highest BCUT2D eigenvalue weighted by molar-refractivity contribution is 6.75. The zero-order valence-electron chi connectivity index (χ0n) is 53.5. The van der Waals surface area contributed by atoms with E-state index in [1.165, 1.54) is 0 Å². The van der Waals surface area contributed by atoms with E-state index in [-0.39, 0.29) is 70.1 Å². The Kier molecular flexibility index (Phi) is 31.4. The minimum Gasteiger partial charge on any atom is -0.481 e. The lowest BCUT2D eigenvalue weighted by Gasteiger charge is -2.41. The molecule has 0 aliphatic heterocycles. The predicted molar refractivity (Wildman–Crippen MR) is 323 cm³/mol. The minimum absolute atomic E-state index is 0.0311. The van der Waals surface area contributed by atoms with Crippen molar-refractivity contribution in [3.05, 3.63) is 0 Å². The molecule has 6 atom stereocenters. The third kappa shape index (κ3) is 29.9. The molecule has 0 amide bonds. The molecule has 0 unspecified atom stereocenters. The maximum Gasteiger partial charge on any atom is 0.308 e. The zero-order valence-corrected chi connectivity index (χ0v) is 57.5. The molecule has 1 N–H and O–H groups in total. The van der Waals surface area contributed by atoms with Gasteiger partial charge in [-0.25, -0.2) is 0 Å². The molecule has 0 aromatic rings. The standard InChI is InChI=1S/C60H124O10Si4/c1-45(2)30-27-33-48(65-55(63)43-52(69-73(23,24)59(13,14)15)40-37-49(34-28-31-46(3)4)67-71(19,20)57(7,8)9)36-39-51(42-54(61)62)66-56(64)44-53(70-74(25,26)60(16,17)18)41-38-50(35-29-32-47(5)6)68-72(21,22)58(10,11)12/h45-53H,27-44H2,1-26H3,(H,61,62)/t48-,49-,50-,51+,52+,53+/m1/s1. The van der Waals surface area contributed by atoms with Crippen molar-refractivity contribution in [1.29, 1.82) is 0 Å². The molecule has 0 bridgehead atoms. The summed E-state index contributed by atoms with van der Waals surface area (Å²) in [6, 6.07) is 0. The number of rotatable bonds is 37. The second kappa shape index (κ2) is 31.8. The third-order valence-corrected chi connectivity index (χ3v) is 35.4. The maximum absolute atomic E-state index is 14.3. The number of hydrogen-bond acceptors (Lipinski definition) is 9. The first-order valence-corrected chi connectivity index (χ1v) is 41.3. The number of carbonyl (C=O) groups excluding carboxylic acids is 2. The van der Waals surface area contributed by atoms with Gasteiger partial charge < -0.3 is 32.3 Å². The largest absolute Gasteiger partial charge is 0.481 e. The third-order valence-electron chi connectivity index (χ3n) is 17.2. The lowest BCUT2D eigenvalue weighted by Crippen LogP contribution is -2.46. The second-order valence-electron chi connectivity index (χ2n) is 29.9. The van der Waals surface area contributed by atoms with Crippen LogP contribution in [-0.4, -0.2) is 92.9 Å². The first kappa shape index (κ1) is 73.1. The molecule has 0 rings (SSSR count). The smallest absolute Gasteiger partial charge is 0.308 e. The highest BCUT2D eigenvalue weighted by Gasteiger charge is 2.44. The van der Waals surface area contributed by atoms with Gasteiger partial charge in [0.15, 0.2) is 33.3 Å². The van der Waals surface area contributed by atoms with Crippen molar-refractivity contribution in [2.45, 2.75) is 349 Å². The molecule has 0 aliphatic rings. The molecule has 0 saturated heterocycles. The van der Waals surface area contributed by atoms with Crippen LogP contribution >= 0.6 is 0 Å². The number of hydrogen-bond donors (Lipinski definition) is 1. The van der Waals surface area contributed by atoms with Crippen LogP contribution in [0.1, 0.15) is 240 Å². The number of esters is 2. The molecule has 0 spiro atoms. The molecule has 0 saturated carbocycles. The Morgan fingerprint density at radius 3 is 0.838 bits per heavy atom. The molecule has 0 fully saturated rings. The number of ether oxygens (including phenoxy) is 2. The van der Waals surface area contributed by atoms with Gasteiger partial charge >= 0.3 is 17.9 Å². The van der Waals surface area contributed by atoms with E-state index in [0.717, 1.165) is 64.2 Å². The van der Waals surface area contributed by atoms with Gasteiger partial charge in [0.2, 0.25) is 0 Å². The molecular formula is C60H124O10Si4. The summed E-state index contributed by atoms with van der Waals surface area (Å²) in [4.78, 5) is 40.8. The van der Waals surface area contributed by atoms with Crippen molar-refractivity contribution < 1.29 is 46.7 Å². The van der Waals surface area contributed by atoms with Crippen LogP contribution in [-0.2, 0) is 41.6 Å². The first-order chi connectivity index (χ1) is 33.3. The molecule has 0 heterocycles. The highest BCUT2D eigenvalue weighted by atomic mass is 28.4. The van der Waals surface area contributed by atoms with E-state index in [4.69, 9.17) is 27.2 Å². The zero-order chi connectivity index (χ0) is 57.9. The molecule has 14 heteroatoms. The molecular weight excluding hydrogens is 993 g/mol. The van der Waals surface area contributed by atoms with E-state index < -0.39 is 63.5 Å². The van der Waals surface area contributed by atoms with Gasteiger partial charge in [0.25, 0.3) is 0 Å². The molecule has 74 heavy (non-hydrogen) atoms. The quantitative estimate of drug-likeness (QED) is 0.0474. The van der Waals surface area contributed by atoms with Gasteiger partial charge in [-0.15, -0.1) is 0 Å². The van der Waals surface area contributed by atoms with E-state index >= 15 is 0 Å². The molecule has 0 aliphatic carbocycles. The lowest BCUT2D eigenvalue weighted by atomic mass is 9.99. The maximum atomic E-state index is 14.3. The Morgan fingerprint density at radius 2 is 0.568 bits per heavy atom. The number of carboxylic acids is 1. The van der Waals surface area contributed by atoms with Gasteiger partial charge in [-0.3, -0.25) is 14.4 Å². The summed E-state index contributed by atoms with van der Waals surface area (Å²) in [5.74, 6) is -0.0879. The van der Waals surface area contributed by atoms with Gasteiger partial charge in [-0.1, -0.05) is 157 Å². The lowest BCUT2D eigenvalue weighted by molar-refractivity contribution is -0.158. The van der Waals surface area contributed by atoms with E-state index in [2.05, 4.69) is 177 Å². The Labute approximate surface area is 462 Å². The van der Waals surface area contributed by atoms with Crippen LogP contribution in [0.3, 0.4) is 0 Å². The van der Waals surface area contributed by atoms with Crippen LogP contribution < -0.4 is 0 Å². The fraction of sp³-hybridized carbons (Fsp3) is 0.950. The van der Waals surface area contributed by atoms with Crippen LogP contribution in [0.15, 0.2) is 0 Å². The Balaban J connectivity index is 6.68. The average Bonchev–Trinajstić information content (AvgIpc) is 3.17. The number of carbonyl (C=O) groups is 3. The van der Waals surface area contributed by atoms with Crippen LogP contribution in [0.5, 0.6) is 0 Å². The van der Waals surface area contributed by atoms with Crippen LogP contribution in [0.4, 0.5) is 0 Å².